The van der Waals surface area contributed by atoms with Crippen molar-refractivity contribution in [2.75, 3.05) is 33.8 Å². The van der Waals surface area contributed by atoms with E-state index in [-0.39, 0.29) is 5.41 Å². The zero-order valence-corrected chi connectivity index (χ0v) is 22.1. The lowest BCUT2D eigenvalue weighted by Crippen LogP contribution is -2.33. The first-order chi connectivity index (χ1) is 17.5. The molecule has 3 aromatic rings. The molecule has 0 N–H and O–H groups in total. The van der Waals surface area contributed by atoms with Crippen LogP contribution in [0.25, 0.3) is 11.0 Å². The van der Waals surface area contributed by atoms with Gasteiger partial charge in [-0.15, -0.1) is 5.92 Å². The molecule has 2 heterocycles. The highest BCUT2D eigenvalue weighted by Gasteiger charge is 2.42. The number of aryl methyl sites for hydroxylation is 1. The van der Waals surface area contributed by atoms with Gasteiger partial charge < -0.3 is 14.2 Å². The third-order valence-electron chi connectivity index (χ3n) is 7.74. The lowest BCUT2D eigenvalue weighted by Gasteiger charge is -2.32. The van der Waals surface area contributed by atoms with Gasteiger partial charge >= 0.3 is 0 Å². The highest BCUT2D eigenvalue weighted by Crippen LogP contribution is 2.45. The molecular weight excluding hydrogens is 446 g/mol. The van der Waals surface area contributed by atoms with E-state index in [9.17, 15) is 0 Å². The second kappa shape index (κ2) is 11.1. The molecule has 0 spiro atoms. The summed E-state index contributed by atoms with van der Waals surface area (Å²) in [5, 5.41) is 5.66. The Kier molecular flexibility index (Phi) is 7.65. The average molecular weight is 486 g/mol. The van der Waals surface area contributed by atoms with E-state index < -0.39 is 0 Å². The molecule has 5 nitrogen and oxygen atoms in total. The molecule has 1 aromatic heterocycles. The molecule has 1 saturated carbocycles. The maximum atomic E-state index is 6.32. The van der Waals surface area contributed by atoms with Crippen LogP contribution in [0.5, 0.6) is 5.75 Å². The summed E-state index contributed by atoms with van der Waals surface area (Å²) in [5.74, 6) is 8.06. The summed E-state index contributed by atoms with van der Waals surface area (Å²) >= 11 is 0. The Hall–Kier alpha value is -2.81. The van der Waals surface area contributed by atoms with Crippen LogP contribution in [0.15, 0.2) is 47.0 Å². The third-order valence-corrected chi connectivity index (χ3v) is 7.74. The lowest BCUT2D eigenvalue weighted by molar-refractivity contribution is 0.172. The monoisotopic (exact) mass is 485 g/mol. The molecule has 0 amide bonds. The highest BCUT2D eigenvalue weighted by molar-refractivity contribution is 5.84. The van der Waals surface area contributed by atoms with Crippen LogP contribution in [-0.4, -0.2) is 48.7 Å². The van der Waals surface area contributed by atoms with Crippen LogP contribution in [0.2, 0.25) is 0 Å². The Morgan fingerprint density at radius 1 is 1.11 bits per heavy atom. The topological polar surface area (TPSA) is 41.7 Å². The van der Waals surface area contributed by atoms with Crippen LogP contribution >= 0.6 is 0 Å². The molecule has 2 fully saturated rings. The van der Waals surface area contributed by atoms with Crippen LogP contribution < -0.4 is 4.74 Å². The number of hydrogen-bond acceptors (Lipinski definition) is 5. The number of aromatic nitrogens is 1. The summed E-state index contributed by atoms with van der Waals surface area (Å²) in [7, 11) is 4.16. The number of hydrogen-bond donors (Lipinski definition) is 0. The van der Waals surface area contributed by atoms with Crippen molar-refractivity contribution in [3.8, 4) is 17.6 Å². The van der Waals surface area contributed by atoms with Gasteiger partial charge in [-0.2, -0.15) is 0 Å². The van der Waals surface area contributed by atoms with Gasteiger partial charge in [-0.25, -0.2) is 0 Å². The summed E-state index contributed by atoms with van der Waals surface area (Å²) in [6.45, 7) is 6.73. The fraction of sp³-hybridized carbons (Fsp3) is 0.516. The second-order valence-corrected chi connectivity index (χ2v) is 11.0. The maximum Gasteiger partial charge on any atom is 0.175 e. The Balaban J connectivity index is 1.21. The SMILES string of the molecule is CC#CC1(COc2ccc3c(CCC4CCN(Cc5ccccc5)CC4)noc3c2CN(C)C)CC1. The first-order valence-corrected chi connectivity index (χ1v) is 13.4. The Morgan fingerprint density at radius 2 is 1.89 bits per heavy atom. The normalized spacial score (nSPS) is 17.8. The van der Waals surface area contributed by atoms with Crippen molar-refractivity contribution < 1.29 is 9.26 Å². The number of ether oxygens (including phenoxy) is 1. The molecule has 5 rings (SSSR count). The van der Waals surface area contributed by atoms with Crippen LogP contribution in [0, 0.1) is 23.2 Å². The molecule has 0 unspecified atom stereocenters. The van der Waals surface area contributed by atoms with Gasteiger partial charge in [0.1, 0.15) is 12.4 Å². The largest absolute Gasteiger partial charge is 0.492 e. The number of likely N-dealkylation sites (tertiary alicyclic amines) is 1. The van der Waals surface area contributed by atoms with Crippen molar-refractivity contribution in [1.29, 1.82) is 0 Å². The number of piperidine rings is 1. The summed E-state index contributed by atoms with van der Waals surface area (Å²) in [6, 6.07) is 15.1. The zero-order chi connectivity index (χ0) is 25.0. The van der Waals surface area contributed by atoms with E-state index in [4.69, 9.17) is 9.26 Å². The lowest BCUT2D eigenvalue weighted by atomic mass is 9.91. The average Bonchev–Trinajstić information content (AvgIpc) is 3.52. The van der Waals surface area contributed by atoms with E-state index in [0.717, 1.165) is 66.2 Å². The van der Waals surface area contributed by atoms with E-state index in [1.807, 2.05) is 6.92 Å². The van der Waals surface area contributed by atoms with Gasteiger partial charge in [0.2, 0.25) is 0 Å². The van der Waals surface area contributed by atoms with Gasteiger partial charge in [0, 0.05) is 18.5 Å². The van der Waals surface area contributed by atoms with Crippen LogP contribution in [0.1, 0.15) is 55.8 Å². The van der Waals surface area contributed by atoms with Gasteiger partial charge in [-0.05, 0) is 96.2 Å². The van der Waals surface area contributed by atoms with Crippen molar-refractivity contribution in [2.45, 2.75) is 58.5 Å². The number of nitrogens with zero attached hydrogens (tertiary/aromatic N) is 3. The molecule has 0 atom stereocenters. The predicted molar refractivity (Wildman–Crippen MR) is 145 cm³/mol. The maximum absolute atomic E-state index is 6.32. The summed E-state index contributed by atoms with van der Waals surface area (Å²) in [5.41, 5.74) is 4.50. The fourth-order valence-electron chi connectivity index (χ4n) is 5.43. The highest BCUT2D eigenvalue weighted by atomic mass is 16.5. The zero-order valence-electron chi connectivity index (χ0n) is 22.1. The van der Waals surface area contributed by atoms with Gasteiger partial charge in [0.25, 0.3) is 0 Å². The van der Waals surface area contributed by atoms with Gasteiger partial charge in [0.15, 0.2) is 5.58 Å². The van der Waals surface area contributed by atoms with E-state index in [1.165, 1.54) is 37.9 Å². The van der Waals surface area contributed by atoms with Gasteiger partial charge in [-0.3, -0.25) is 4.90 Å². The van der Waals surface area contributed by atoms with Gasteiger partial charge in [-0.1, -0.05) is 41.4 Å². The standard InChI is InChI=1S/C31H39N3O2/c1-4-16-31(17-18-31)23-35-29-13-11-26-28(32-36-30(26)27(29)22-33(2)3)12-10-24-14-19-34(20-15-24)21-25-8-6-5-7-9-25/h5-9,11,13,24H,10,12,14-15,17-23H2,1-3H3. The molecular formula is C31H39N3O2. The van der Waals surface area contributed by atoms with Crippen molar-refractivity contribution in [2.24, 2.45) is 11.3 Å². The van der Waals surface area contributed by atoms with Crippen molar-refractivity contribution >= 4 is 11.0 Å². The first-order valence-electron chi connectivity index (χ1n) is 13.4. The quantitative estimate of drug-likeness (QED) is 0.334. The van der Waals surface area contributed by atoms with E-state index >= 15 is 0 Å². The van der Waals surface area contributed by atoms with Crippen molar-refractivity contribution in [3.63, 3.8) is 0 Å². The minimum Gasteiger partial charge on any atom is -0.492 e. The molecule has 5 heteroatoms. The van der Waals surface area contributed by atoms with E-state index in [0.29, 0.717) is 6.61 Å². The molecule has 0 radical (unpaired) electrons. The molecule has 190 valence electrons. The molecule has 1 aliphatic heterocycles. The Bertz CT molecular complexity index is 1210. The number of fused-ring (bicyclic) bond motifs is 1. The fourth-order valence-corrected chi connectivity index (χ4v) is 5.43. The van der Waals surface area contributed by atoms with Crippen molar-refractivity contribution in [1.82, 2.24) is 15.0 Å². The molecule has 2 aliphatic rings. The van der Waals surface area contributed by atoms with Crippen LogP contribution in [-0.2, 0) is 19.5 Å². The first kappa shape index (κ1) is 24.9. The second-order valence-electron chi connectivity index (χ2n) is 11.0. The Morgan fingerprint density at radius 3 is 2.58 bits per heavy atom. The summed E-state index contributed by atoms with van der Waals surface area (Å²) in [6.07, 6.45) is 6.89. The number of benzene rings is 2. The molecule has 1 aliphatic carbocycles. The van der Waals surface area contributed by atoms with E-state index in [1.54, 1.807) is 0 Å². The number of rotatable bonds is 10. The molecule has 0 bridgehead atoms. The van der Waals surface area contributed by atoms with Crippen LogP contribution in [0.3, 0.4) is 0 Å². The smallest absolute Gasteiger partial charge is 0.175 e. The minimum absolute atomic E-state index is 0.0440. The molecule has 36 heavy (non-hydrogen) atoms. The van der Waals surface area contributed by atoms with Crippen molar-refractivity contribution in [3.05, 3.63) is 59.3 Å². The molecule has 1 saturated heterocycles. The summed E-state index contributed by atoms with van der Waals surface area (Å²) < 4.78 is 12.3. The summed E-state index contributed by atoms with van der Waals surface area (Å²) in [4.78, 5) is 4.75. The third kappa shape index (κ3) is 5.94. The minimum atomic E-state index is 0.0440. The van der Waals surface area contributed by atoms with E-state index in [2.05, 4.69) is 83.4 Å². The predicted octanol–water partition coefficient (Wildman–Crippen LogP) is 5.92. The van der Waals surface area contributed by atoms with Crippen LogP contribution in [0.4, 0.5) is 0 Å². The van der Waals surface area contributed by atoms with Gasteiger partial charge in [0.05, 0.1) is 16.7 Å². The Labute approximate surface area is 215 Å². The molecule has 2 aromatic carbocycles.